The molecule has 1 N–H and O–H groups in total. The molecular weight excluding hydrogens is 214 g/mol. The fourth-order valence-electron chi connectivity index (χ4n) is 2.25. The first-order valence-corrected chi connectivity index (χ1v) is 5.21. The van der Waals surface area contributed by atoms with Crippen molar-refractivity contribution in [3.8, 4) is 0 Å². The molecule has 1 saturated heterocycles. The number of nitrogens with zero attached hydrogens (tertiary/aromatic N) is 2. The van der Waals surface area contributed by atoms with Crippen LogP contribution >= 0.6 is 12.4 Å². The molecule has 0 aromatic carbocycles. The summed E-state index contributed by atoms with van der Waals surface area (Å²) in [5.41, 5.74) is 0. The van der Waals surface area contributed by atoms with E-state index in [0.717, 1.165) is 18.7 Å². The van der Waals surface area contributed by atoms with Gasteiger partial charge in [0.2, 0.25) is 11.8 Å². The van der Waals surface area contributed by atoms with E-state index in [1.807, 2.05) is 6.92 Å². The highest BCUT2D eigenvalue weighted by Crippen LogP contribution is 2.28. The third-order valence-corrected chi connectivity index (χ3v) is 2.74. The highest BCUT2D eigenvalue weighted by atomic mass is 35.5. The van der Waals surface area contributed by atoms with E-state index in [-0.39, 0.29) is 12.4 Å². The maximum absolute atomic E-state index is 5.47. The first-order chi connectivity index (χ1) is 6.65. The van der Waals surface area contributed by atoms with Gasteiger partial charge in [-0.05, 0) is 26.7 Å². The van der Waals surface area contributed by atoms with Gasteiger partial charge in [0.15, 0.2) is 0 Å². The van der Waals surface area contributed by atoms with E-state index in [2.05, 4.69) is 29.4 Å². The van der Waals surface area contributed by atoms with Gasteiger partial charge < -0.3 is 9.73 Å². The summed E-state index contributed by atoms with van der Waals surface area (Å²) in [4.78, 5) is 0. The van der Waals surface area contributed by atoms with Crippen molar-refractivity contribution in [2.75, 3.05) is 0 Å². The van der Waals surface area contributed by atoms with Crippen molar-refractivity contribution in [1.82, 2.24) is 15.5 Å². The van der Waals surface area contributed by atoms with Gasteiger partial charge in [0.1, 0.15) is 0 Å². The number of aryl methyl sites for hydroxylation is 1. The van der Waals surface area contributed by atoms with Crippen LogP contribution in [0.1, 0.15) is 44.4 Å². The van der Waals surface area contributed by atoms with E-state index in [1.165, 1.54) is 0 Å². The number of nitrogens with one attached hydrogen (secondary N) is 1. The molecule has 3 atom stereocenters. The van der Waals surface area contributed by atoms with E-state index >= 15 is 0 Å². The lowest BCUT2D eigenvalue weighted by atomic mass is 9.89. The van der Waals surface area contributed by atoms with Crippen LogP contribution in [0.2, 0.25) is 0 Å². The fourth-order valence-corrected chi connectivity index (χ4v) is 2.25. The molecule has 2 heterocycles. The Labute approximate surface area is 96.3 Å². The van der Waals surface area contributed by atoms with E-state index in [4.69, 9.17) is 4.42 Å². The number of aromatic nitrogens is 2. The van der Waals surface area contributed by atoms with Gasteiger partial charge in [-0.25, -0.2) is 0 Å². The molecule has 1 aromatic rings. The Morgan fingerprint density at radius 2 is 1.80 bits per heavy atom. The average Bonchev–Trinajstić information content (AvgIpc) is 2.50. The van der Waals surface area contributed by atoms with Crippen LogP contribution in [-0.4, -0.2) is 22.3 Å². The van der Waals surface area contributed by atoms with E-state index in [1.54, 1.807) is 0 Å². The molecule has 0 saturated carbocycles. The Bertz CT molecular complexity index is 305. The van der Waals surface area contributed by atoms with Gasteiger partial charge >= 0.3 is 0 Å². The van der Waals surface area contributed by atoms with Crippen molar-refractivity contribution in [3.63, 3.8) is 0 Å². The molecule has 0 amide bonds. The molecule has 15 heavy (non-hydrogen) atoms. The number of rotatable bonds is 1. The molecular formula is C10H18ClN3O. The first kappa shape index (κ1) is 12.5. The zero-order valence-corrected chi connectivity index (χ0v) is 10.2. The van der Waals surface area contributed by atoms with Gasteiger partial charge in [0, 0.05) is 24.9 Å². The Morgan fingerprint density at radius 1 is 1.20 bits per heavy atom. The smallest absolute Gasteiger partial charge is 0.219 e. The van der Waals surface area contributed by atoms with Crippen LogP contribution in [0.15, 0.2) is 4.42 Å². The summed E-state index contributed by atoms with van der Waals surface area (Å²) in [6, 6.07) is 1.08. The summed E-state index contributed by atoms with van der Waals surface area (Å²) in [7, 11) is 0. The average molecular weight is 232 g/mol. The van der Waals surface area contributed by atoms with E-state index in [9.17, 15) is 0 Å². The Kier molecular flexibility index (Phi) is 4.11. The van der Waals surface area contributed by atoms with Crippen LogP contribution in [0.25, 0.3) is 0 Å². The predicted molar refractivity (Wildman–Crippen MR) is 60.3 cm³/mol. The Balaban J connectivity index is 0.00000112. The second-order valence-corrected chi connectivity index (χ2v) is 4.30. The van der Waals surface area contributed by atoms with Crippen LogP contribution in [0.4, 0.5) is 0 Å². The van der Waals surface area contributed by atoms with Crippen molar-refractivity contribution >= 4 is 12.4 Å². The van der Waals surface area contributed by atoms with Crippen LogP contribution in [-0.2, 0) is 0 Å². The number of piperidine rings is 1. The Morgan fingerprint density at radius 3 is 2.27 bits per heavy atom. The molecule has 86 valence electrons. The lowest BCUT2D eigenvalue weighted by molar-refractivity contribution is 0.280. The van der Waals surface area contributed by atoms with E-state index < -0.39 is 0 Å². The maximum Gasteiger partial charge on any atom is 0.219 e. The highest BCUT2D eigenvalue weighted by Gasteiger charge is 2.27. The minimum absolute atomic E-state index is 0. The molecule has 0 radical (unpaired) electrons. The van der Waals surface area contributed by atoms with Crippen LogP contribution in [0.5, 0.6) is 0 Å². The van der Waals surface area contributed by atoms with Crippen LogP contribution < -0.4 is 5.32 Å². The fraction of sp³-hybridized carbons (Fsp3) is 0.800. The summed E-state index contributed by atoms with van der Waals surface area (Å²) >= 11 is 0. The molecule has 0 spiro atoms. The third-order valence-electron chi connectivity index (χ3n) is 2.74. The summed E-state index contributed by atoms with van der Waals surface area (Å²) in [5, 5.41) is 11.5. The highest BCUT2D eigenvalue weighted by molar-refractivity contribution is 5.85. The summed E-state index contributed by atoms with van der Waals surface area (Å²) in [5.74, 6) is 1.91. The third kappa shape index (κ3) is 2.92. The Hall–Kier alpha value is -0.610. The van der Waals surface area contributed by atoms with Crippen molar-refractivity contribution in [3.05, 3.63) is 11.8 Å². The topological polar surface area (TPSA) is 51.0 Å². The second kappa shape index (κ2) is 4.94. The molecule has 5 heteroatoms. The van der Waals surface area contributed by atoms with Crippen molar-refractivity contribution in [1.29, 1.82) is 0 Å². The number of halogens is 1. The zero-order chi connectivity index (χ0) is 10.1. The summed E-state index contributed by atoms with van der Waals surface area (Å²) in [6.07, 6.45) is 2.18. The molecule has 1 aliphatic rings. The van der Waals surface area contributed by atoms with Gasteiger partial charge in [0.05, 0.1) is 0 Å². The maximum atomic E-state index is 5.47. The molecule has 1 aromatic heterocycles. The molecule has 4 nitrogen and oxygen atoms in total. The van der Waals surface area contributed by atoms with E-state index in [0.29, 0.717) is 23.9 Å². The van der Waals surface area contributed by atoms with Gasteiger partial charge in [-0.15, -0.1) is 22.6 Å². The van der Waals surface area contributed by atoms with Crippen molar-refractivity contribution < 1.29 is 4.42 Å². The summed E-state index contributed by atoms with van der Waals surface area (Å²) < 4.78 is 5.47. The van der Waals surface area contributed by atoms with Gasteiger partial charge in [-0.1, -0.05) is 0 Å². The zero-order valence-electron chi connectivity index (χ0n) is 9.36. The van der Waals surface area contributed by atoms with Crippen LogP contribution in [0, 0.1) is 6.92 Å². The number of hydrogen-bond donors (Lipinski definition) is 1. The number of hydrogen-bond acceptors (Lipinski definition) is 4. The van der Waals surface area contributed by atoms with Crippen molar-refractivity contribution in [2.45, 2.75) is 51.6 Å². The molecule has 1 unspecified atom stereocenters. The molecule has 1 fully saturated rings. The van der Waals surface area contributed by atoms with Crippen LogP contribution in [0.3, 0.4) is 0 Å². The normalized spacial score (nSPS) is 31.0. The molecule has 0 aliphatic carbocycles. The van der Waals surface area contributed by atoms with Crippen molar-refractivity contribution in [2.24, 2.45) is 0 Å². The predicted octanol–water partition coefficient (Wildman–Crippen LogP) is 2.04. The first-order valence-electron chi connectivity index (χ1n) is 5.21. The molecule has 1 aliphatic heterocycles. The van der Waals surface area contributed by atoms with Gasteiger partial charge in [-0.3, -0.25) is 0 Å². The second-order valence-electron chi connectivity index (χ2n) is 4.30. The van der Waals surface area contributed by atoms with Gasteiger partial charge in [0.25, 0.3) is 0 Å². The monoisotopic (exact) mass is 231 g/mol. The standard InChI is InChI=1S/C10H17N3O.ClH/c1-6-4-9(5-7(2)11-6)10-13-12-8(3)14-10;/h6-7,9,11H,4-5H2,1-3H3;1H/t6-,7+,9?;. The SMILES string of the molecule is Cc1nnc(C2C[C@@H](C)N[C@@H](C)C2)o1.Cl. The molecule has 2 rings (SSSR count). The lowest BCUT2D eigenvalue weighted by Gasteiger charge is -2.30. The summed E-state index contributed by atoms with van der Waals surface area (Å²) in [6.45, 7) is 6.24. The largest absolute Gasteiger partial charge is 0.425 e. The minimum atomic E-state index is 0. The molecule has 0 bridgehead atoms. The van der Waals surface area contributed by atoms with Gasteiger partial charge in [-0.2, -0.15) is 0 Å². The lowest BCUT2D eigenvalue weighted by Crippen LogP contribution is -2.41. The minimum Gasteiger partial charge on any atom is -0.425 e. The quantitative estimate of drug-likeness (QED) is 0.804.